The van der Waals surface area contributed by atoms with E-state index in [9.17, 15) is 5.11 Å². The number of aryl methyl sites for hydroxylation is 1. The molecule has 0 unspecified atom stereocenters. The second kappa shape index (κ2) is 8.67. The summed E-state index contributed by atoms with van der Waals surface area (Å²) in [5.41, 5.74) is 1.70. The SMILES string of the molecule is COCc1cc(NC[C@H](O)COc2ccc(Cl)c(C)c2)ncn1. The average Bonchev–Trinajstić information content (AvgIpc) is 2.55. The molecule has 1 aromatic carbocycles. The van der Waals surface area contributed by atoms with E-state index in [0.717, 1.165) is 11.3 Å². The molecule has 1 atom stereocenters. The Labute approximate surface area is 140 Å². The largest absolute Gasteiger partial charge is 0.491 e. The molecule has 0 aliphatic heterocycles. The summed E-state index contributed by atoms with van der Waals surface area (Å²) in [6.45, 7) is 2.80. The van der Waals surface area contributed by atoms with Crippen molar-refractivity contribution in [2.45, 2.75) is 19.6 Å². The number of aliphatic hydroxyl groups excluding tert-OH is 1. The number of halogens is 1. The molecule has 124 valence electrons. The van der Waals surface area contributed by atoms with Crippen LogP contribution in [0.25, 0.3) is 0 Å². The zero-order valence-corrected chi connectivity index (χ0v) is 13.9. The van der Waals surface area contributed by atoms with Crippen LogP contribution in [0.4, 0.5) is 5.82 Å². The lowest BCUT2D eigenvalue weighted by Crippen LogP contribution is -2.26. The summed E-state index contributed by atoms with van der Waals surface area (Å²) in [4.78, 5) is 8.16. The van der Waals surface area contributed by atoms with E-state index < -0.39 is 6.10 Å². The number of benzene rings is 1. The first-order valence-electron chi connectivity index (χ1n) is 7.19. The van der Waals surface area contributed by atoms with Gasteiger partial charge >= 0.3 is 0 Å². The van der Waals surface area contributed by atoms with Crippen molar-refractivity contribution in [1.82, 2.24) is 9.97 Å². The minimum Gasteiger partial charge on any atom is -0.491 e. The van der Waals surface area contributed by atoms with E-state index in [1.165, 1.54) is 6.33 Å². The molecule has 6 nitrogen and oxygen atoms in total. The predicted molar refractivity (Wildman–Crippen MR) is 88.9 cm³/mol. The summed E-state index contributed by atoms with van der Waals surface area (Å²) >= 11 is 5.96. The van der Waals surface area contributed by atoms with Crippen LogP contribution in [0.15, 0.2) is 30.6 Å². The van der Waals surface area contributed by atoms with Crippen molar-refractivity contribution in [3.63, 3.8) is 0 Å². The van der Waals surface area contributed by atoms with Gasteiger partial charge in [-0.1, -0.05) is 11.6 Å². The van der Waals surface area contributed by atoms with Crippen molar-refractivity contribution < 1.29 is 14.6 Å². The van der Waals surface area contributed by atoms with Crippen LogP contribution in [-0.4, -0.2) is 41.4 Å². The topological polar surface area (TPSA) is 76.5 Å². The fraction of sp³-hybridized carbons (Fsp3) is 0.375. The maximum Gasteiger partial charge on any atom is 0.129 e. The van der Waals surface area contributed by atoms with Gasteiger partial charge in [0.2, 0.25) is 0 Å². The minimum atomic E-state index is -0.674. The Bertz CT molecular complexity index is 640. The van der Waals surface area contributed by atoms with Gasteiger partial charge in [0.05, 0.1) is 12.3 Å². The van der Waals surface area contributed by atoms with Crippen LogP contribution in [0.5, 0.6) is 5.75 Å². The van der Waals surface area contributed by atoms with Crippen molar-refractivity contribution >= 4 is 17.4 Å². The van der Waals surface area contributed by atoms with Crippen LogP contribution in [0.1, 0.15) is 11.3 Å². The molecule has 0 aliphatic carbocycles. The normalized spacial score (nSPS) is 12.0. The van der Waals surface area contributed by atoms with Crippen LogP contribution in [-0.2, 0) is 11.3 Å². The van der Waals surface area contributed by atoms with Crippen LogP contribution < -0.4 is 10.1 Å². The number of hydrogen-bond acceptors (Lipinski definition) is 6. The second-order valence-corrected chi connectivity index (χ2v) is 5.49. The summed E-state index contributed by atoms with van der Waals surface area (Å²) in [6, 6.07) is 7.16. The number of nitrogens with zero attached hydrogens (tertiary/aromatic N) is 2. The smallest absolute Gasteiger partial charge is 0.129 e. The molecule has 0 fully saturated rings. The standard InChI is InChI=1S/C16H20ClN3O3/c1-11-5-14(3-4-15(11)17)23-9-13(21)7-18-16-6-12(8-22-2)19-10-20-16/h3-6,10,13,21H,7-9H2,1-2H3,(H,18,19,20)/t13-/m0/s1. The van der Waals surface area contributed by atoms with Gasteiger partial charge in [-0.3, -0.25) is 0 Å². The Balaban J connectivity index is 1.79. The monoisotopic (exact) mass is 337 g/mol. The number of aliphatic hydroxyl groups is 1. The zero-order chi connectivity index (χ0) is 16.7. The molecular formula is C16H20ClN3O3. The summed E-state index contributed by atoms with van der Waals surface area (Å²) in [6.07, 6.45) is 0.780. The zero-order valence-electron chi connectivity index (χ0n) is 13.1. The van der Waals surface area contributed by atoms with E-state index in [-0.39, 0.29) is 6.61 Å². The highest BCUT2D eigenvalue weighted by molar-refractivity contribution is 6.31. The molecule has 2 aromatic rings. The van der Waals surface area contributed by atoms with Crippen LogP contribution in [0, 0.1) is 6.92 Å². The summed E-state index contributed by atoms with van der Waals surface area (Å²) in [5.74, 6) is 1.31. The first-order chi connectivity index (χ1) is 11.1. The number of ether oxygens (including phenoxy) is 2. The molecule has 2 N–H and O–H groups in total. The number of methoxy groups -OCH3 is 1. The van der Waals surface area contributed by atoms with Crippen molar-refractivity contribution in [3.8, 4) is 5.75 Å². The maximum absolute atomic E-state index is 9.99. The van der Waals surface area contributed by atoms with Gasteiger partial charge in [-0.2, -0.15) is 0 Å². The Hall–Kier alpha value is -1.89. The lowest BCUT2D eigenvalue weighted by Gasteiger charge is -2.14. The van der Waals surface area contributed by atoms with Crippen molar-refractivity contribution in [1.29, 1.82) is 0 Å². The number of rotatable bonds is 8. The maximum atomic E-state index is 9.99. The third-order valence-corrected chi connectivity index (χ3v) is 3.53. The number of nitrogens with one attached hydrogen (secondary N) is 1. The molecule has 1 aromatic heterocycles. The van der Waals surface area contributed by atoms with E-state index in [2.05, 4.69) is 15.3 Å². The number of anilines is 1. The molecule has 0 saturated heterocycles. The number of hydrogen-bond donors (Lipinski definition) is 2. The van der Waals surface area contributed by atoms with E-state index in [0.29, 0.717) is 29.7 Å². The Morgan fingerprint density at radius 2 is 2.13 bits per heavy atom. The van der Waals surface area contributed by atoms with E-state index in [1.807, 2.05) is 13.0 Å². The van der Waals surface area contributed by atoms with E-state index in [4.69, 9.17) is 21.1 Å². The quantitative estimate of drug-likeness (QED) is 0.770. The lowest BCUT2D eigenvalue weighted by molar-refractivity contribution is 0.117. The highest BCUT2D eigenvalue weighted by Gasteiger charge is 2.07. The molecule has 7 heteroatoms. The Morgan fingerprint density at radius 1 is 1.30 bits per heavy atom. The van der Waals surface area contributed by atoms with Crippen LogP contribution in [0.3, 0.4) is 0 Å². The van der Waals surface area contributed by atoms with Gasteiger partial charge in [0.1, 0.15) is 30.6 Å². The number of aromatic nitrogens is 2. The van der Waals surface area contributed by atoms with Crippen LogP contribution in [0.2, 0.25) is 5.02 Å². The fourth-order valence-electron chi connectivity index (χ4n) is 1.90. The van der Waals surface area contributed by atoms with Gasteiger partial charge in [0.15, 0.2) is 0 Å². The summed E-state index contributed by atoms with van der Waals surface area (Å²) in [5, 5.41) is 13.7. The van der Waals surface area contributed by atoms with Gasteiger partial charge in [-0.05, 0) is 30.7 Å². The van der Waals surface area contributed by atoms with E-state index >= 15 is 0 Å². The first kappa shape index (κ1) is 17.5. The summed E-state index contributed by atoms with van der Waals surface area (Å²) in [7, 11) is 1.61. The molecule has 0 amide bonds. The highest BCUT2D eigenvalue weighted by atomic mass is 35.5. The summed E-state index contributed by atoms with van der Waals surface area (Å²) < 4.78 is 10.6. The van der Waals surface area contributed by atoms with Gasteiger partial charge in [-0.25, -0.2) is 9.97 Å². The lowest BCUT2D eigenvalue weighted by atomic mass is 10.2. The molecule has 1 heterocycles. The third-order valence-electron chi connectivity index (χ3n) is 3.11. The first-order valence-corrected chi connectivity index (χ1v) is 7.57. The molecule has 0 spiro atoms. The molecule has 23 heavy (non-hydrogen) atoms. The third kappa shape index (κ3) is 5.67. The fourth-order valence-corrected chi connectivity index (χ4v) is 2.02. The van der Waals surface area contributed by atoms with Gasteiger partial charge in [-0.15, -0.1) is 0 Å². The average molecular weight is 338 g/mol. The van der Waals surface area contributed by atoms with Gasteiger partial charge < -0.3 is 19.9 Å². The molecule has 2 rings (SSSR count). The Kier molecular flexibility index (Phi) is 6.58. The minimum absolute atomic E-state index is 0.171. The molecular weight excluding hydrogens is 318 g/mol. The van der Waals surface area contributed by atoms with Crippen molar-refractivity contribution in [2.75, 3.05) is 25.6 Å². The van der Waals surface area contributed by atoms with Crippen molar-refractivity contribution in [3.05, 3.63) is 46.9 Å². The van der Waals surface area contributed by atoms with Crippen molar-refractivity contribution in [2.24, 2.45) is 0 Å². The molecule has 0 radical (unpaired) electrons. The second-order valence-electron chi connectivity index (χ2n) is 5.08. The van der Waals surface area contributed by atoms with Crippen LogP contribution >= 0.6 is 11.6 Å². The molecule has 0 aliphatic rings. The highest BCUT2D eigenvalue weighted by Crippen LogP contribution is 2.21. The van der Waals surface area contributed by atoms with Gasteiger partial charge in [0.25, 0.3) is 0 Å². The molecule has 0 bridgehead atoms. The van der Waals surface area contributed by atoms with E-state index in [1.54, 1.807) is 25.3 Å². The predicted octanol–water partition coefficient (Wildman–Crippen LogP) is 2.44. The van der Waals surface area contributed by atoms with Gasteiger partial charge in [0, 0.05) is 24.7 Å². The molecule has 0 saturated carbocycles. The Morgan fingerprint density at radius 3 is 2.87 bits per heavy atom.